The third-order valence-corrected chi connectivity index (χ3v) is 4.22. The van der Waals surface area contributed by atoms with Crippen LogP contribution in [0.25, 0.3) is 0 Å². The number of methoxy groups -OCH3 is 1. The number of anilines is 1. The lowest BCUT2D eigenvalue weighted by Crippen LogP contribution is -2.48. The van der Waals surface area contributed by atoms with E-state index in [0.29, 0.717) is 18.6 Å². The Hall–Kier alpha value is -2.67. The van der Waals surface area contributed by atoms with Crippen LogP contribution in [-0.2, 0) is 27.2 Å². The summed E-state index contributed by atoms with van der Waals surface area (Å²) in [4.78, 5) is 23.9. The van der Waals surface area contributed by atoms with E-state index in [0.717, 1.165) is 0 Å². The number of nitrogens with zero attached hydrogens (tertiary/aromatic N) is 1. The third-order valence-electron chi connectivity index (χ3n) is 4.22. The fraction of sp³-hybridized carbons (Fsp3) is 0.353. The molecule has 1 heterocycles. The maximum atomic E-state index is 12.0. The van der Waals surface area contributed by atoms with Gasteiger partial charge in [0.25, 0.3) is 0 Å². The smallest absolute Gasteiger partial charge is 0.314 e. The van der Waals surface area contributed by atoms with E-state index in [2.05, 4.69) is 27.9 Å². The van der Waals surface area contributed by atoms with Gasteiger partial charge in [0.1, 0.15) is 5.76 Å². The highest BCUT2D eigenvalue weighted by Crippen LogP contribution is 2.32. The number of rotatable bonds is 4. The van der Waals surface area contributed by atoms with Crippen molar-refractivity contribution in [2.75, 3.05) is 19.0 Å². The van der Waals surface area contributed by atoms with Gasteiger partial charge in [0, 0.05) is 32.6 Å². The van der Waals surface area contributed by atoms with Gasteiger partial charge in [0.2, 0.25) is 0 Å². The Kier molecular flexibility index (Phi) is 4.35. The first-order valence-electron chi connectivity index (χ1n) is 7.66. The molecule has 1 aliphatic carbocycles. The van der Waals surface area contributed by atoms with Gasteiger partial charge >= 0.3 is 11.8 Å². The van der Waals surface area contributed by atoms with Crippen LogP contribution < -0.4 is 10.6 Å². The van der Waals surface area contributed by atoms with E-state index in [9.17, 15) is 9.59 Å². The number of aromatic nitrogens is 1. The second-order valence-corrected chi connectivity index (χ2v) is 5.97. The molecule has 0 unspecified atom stereocenters. The summed E-state index contributed by atoms with van der Waals surface area (Å²) in [6.07, 6.45) is 1.40. The largest absolute Gasteiger partial charge is 0.376 e. The van der Waals surface area contributed by atoms with Crippen molar-refractivity contribution in [2.24, 2.45) is 0 Å². The monoisotopic (exact) mass is 329 g/mol. The molecule has 2 N–H and O–H groups in total. The zero-order valence-corrected chi connectivity index (χ0v) is 13.6. The van der Waals surface area contributed by atoms with Crippen LogP contribution in [0.5, 0.6) is 0 Å². The van der Waals surface area contributed by atoms with Crippen molar-refractivity contribution in [1.29, 1.82) is 0 Å². The first kappa shape index (κ1) is 16.2. The fourth-order valence-corrected chi connectivity index (χ4v) is 2.92. The Morgan fingerprint density at radius 2 is 1.92 bits per heavy atom. The predicted molar refractivity (Wildman–Crippen MR) is 86.5 cm³/mol. The van der Waals surface area contributed by atoms with Crippen LogP contribution in [0.2, 0.25) is 0 Å². The lowest BCUT2D eigenvalue weighted by atomic mass is 10.00. The number of nitrogens with one attached hydrogen (secondary N) is 2. The molecule has 0 saturated heterocycles. The Morgan fingerprint density at radius 3 is 2.46 bits per heavy atom. The highest BCUT2D eigenvalue weighted by Gasteiger charge is 2.37. The molecule has 3 rings (SSSR count). The van der Waals surface area contributed by atoms with Crippen molar-refractivity contribution in [3.63, 3.8) is 0 Å². The molecule has 0 radical (unpaired) electrons. The van der Waals surface area contributed by atoms with E-state index in [1.807, 2.05) is 12.1 Å². The maximum Gasteiger partial charge on any atom is 0.314 e. The molecule has 1 aromatic carbocycles. The van der Waals surface area contributed by atoms with Gasteiger partial charge in [-0.2, -0.15) is 0 Å². The molecule has 7 heteroatoms. The summed E-state index contributed by atoms with van der Waals surface area (Å²) in [5.41, 5.74) is 1.89. The quantitative estimate of drug-likeness (QED) is 0.823. The SMILES string of the molecule is COC1(CNC(=O)C(=O)Nc2cc(C)on2)Cc2ccccc2C1. The molecule has 2 amide bonds. The van der Waals surface area contributed by atoms with Gasteiger partial charge in [-0.05, 0) is 18.1 Å². The van der Waals surface area contributed by atoms with Crippen LogP contribution in [0.4, 0.5) is 5.82 Å². The number of aryl methyl sites for hydroxylation is 1. The molecule has 126 valence electrons. The molecule has 0 spiro atoms. The predicted octanol–water partition coefficient (Wildman–Crippen LogP) is 1.22. The molecular formula is C17H19N3O4. The highest BCUT2D eigenvalue weighted by atomic mass is 16.5. The Morgan fingerprint density at radius 1 is 1.25 bits per heavy atom. The Labute approximate surface area is 139 Å². The maximum absolute atomic E-state index is 12.0. The summed E-state index contributed by atoms with van der Waals surface area (Å²) < 4.78 is 10.5. The molecule has 0 fully saturated rings. The summed E-state index contributed by atoms with van der Waals surface area (Å²) in [7, 11) is 1.62. The van der Waals surface area contributed by atoms with Crippen LogP contribution in [0.15, 0.2) is 34.9 Å². The van der Waals surface area contributed by atoms with Crippen LogP contribution in [0.1, 0.15) is 16.9 Å². The molecule has 2 aromatic rings. The van der Waals surface area contributed by atoms with Crippen LogP contribution >= 0.6 is 0 Å². The number of carbonyl (C=O) groups is 2. The van der Waals surface area contributed by atoms with Crippen molar-refractivity contribution in [3.05, 3.63) is 47.2 Å². The minimum absolute atomic E-state index is 0.211. The summed E-state index contributed by atoms with van der Waals surface area (Å²) in [6, 6.07) is 9.61. The van der Waals surface area contributed by atoms with E-state index in [-0.39, 0.29) is 12.4 Å². The molecule has 0 saturated carbocycles. The first-order valence-corrected chi connectivity index (χ1v) is 7.66. The lowest BCUT2D eigenvalue weighted by Gasteiger charge is -2.27. The zero-order chi connectivity index (χ0) is 17.2. The molecule has 0 bridgehead atoms. The Balaban J connectivity index is 1.58. The summed E-state index contributed by atoms with van der Waals surface area (Å²) in [5, 5.41) is 8.65. The van der Waals surface area contributed by atoms with Gasteiger partial charge in [-0.25, -0.2) is 0 Å². The molecule has 0 aliphatic heterocycles. The fourth-order valence-electron chi connectivity index (χ4n) is 2.92. The number of ether oxygens (including phenoxy) is 1. The van der Waals surface area contributed by atoms with Crippen molar-refractivity contribution in [1.82, 2.24) is 10.5 Å². The Bertz CT molecular complexity index is 744. The van der Waals surface area contributed by atoms with E-state index in [4.69, 9.17) is 9.26 Å². The molecule has 7 nitrogen and oxygen atoms in total. The average Bonchev–Trinajstić information content (AvgIpc) is 3.16. The highest BCUT2D eigenvalue weighted by molar-refractivity contribution is 6.39. The zero-order valence-electron chi connectivity index (χ0n) is 13.6. The standard InChI is InChI=1S/C17H19N3O4/c1-11-7-14(20-24-11)19-16(22)15(21)18-10-17(23-2)8-12-5-3-4-6-13(12)9-17/h3-7H,8-10H2,1-2H3,(H,18,21)(H,19,20,22). The summed E-state index contributed by atoms with van der Waals surface area (Å²) in [5.74, 6) is -0.761. The van der Waals surface area contributed by atoms with Gasteiger partial charge in [0.15, 0.2) is 5.82 Å². The molecule has 1 aromatic heterocycles. The van der Waals surface area contributed by atoms with Gasteiger partial charge < -0.3 is 14.6 Å². The molecule has 0 atom stereocenters. The van der Waals surface area contributed by atoms with Crippen molar-refractivity contribution >= 4 is 17.6 Å². The van der Waals surface area contributed by atoms with Gasteiger partial charge in [-0.3, -0.25) is 14.9 Å². The van der Waals surface area contributed by atoms with Gasteiger partial charge in [-0.1, -0.05) is 29.4 Å². The minimum Gasteiger partial charge on any atom is -0.376 e. The van der Waals surface area contributed by atoms with Crippen molar-refractivity contribution in [2.45, 2.75) is 25.4 Å². The second kappa shape index (κ2) is 6.45. The van der Waals surface area contributed by atoms with Crippen molar-refractivity contribution < 1.29 is 18.8 Å². The third kappa shape index (κ3) is 3.30. The van der Waals surface area contributed by atoms with E-state index >= 15 is 0 Å². The summed E-state index contributed by atoms with van der Waals surface area (Å²) in [6.45, 7) is 1.95. The normalized spacial score (nSPS) is 14.9. The number of benzene rings is 1. The number of hydrogen-bond acceptors (Lipinski definition) is 5. The van der Waals surface area contributed by atoms with E-state index in [1.54, 1.807) is 14.0 Å². The topological polar surface area (TPSA) is 93.5 Å². The number of amides is 2. The van der Waals surface area contributed by atoms with Crippen LogP contribution in [0.3, 0.4) is 0 Å². The number of hydrogen-bond donors (Lipinski definition) is 2. The van der Waals surface area contributed by atoms with Crippen LogP contribution in [-0.4, -0.2) is 36.2 Å². The van der Waals surface area contributed by atoms with E-state index in [1.165, 1.54) is 17.2 Å². The molecule has 1 aliphatic rings. The van der Waals surface area contributed by atoms with Crippen LogP contribution in [0, 0.1) is 6.92 Å². The average molecular weight is 329 g/mol. The molecule has 24 heavy (non-hydrogen) atoms. The van der Waals surface area contributed by atoms with Gasteiger partial charge in [-0.15, -0.1) is 0 Å². The lowest BCUT2D eigenvalue weighted by molar-refractivity contribution is -0.137. The summed E-state index contributed by atoms with van der Waals surface area (Å²) >= 11 is 0. The van der Waals surface area contributed by atoms with E-state index < -0.39 is 17.4 Å². The number of carbonyl (C=O) groups excluding carboxylic acids is 2. The number of fused-ring (bicyclic) bond motifs is 1. The van der Waals surface area contributed by atoms with Crippen molar-refractivity contribution in [3.8, 4) is 0 Å². The second-order valence-electron chi connectivity index (χ2n) is 5.97. The molecular weight excluding hydrogens is 310 g/mol. The first-order chi connectivity index (χ1) is 11.5. The minimum atomic E-state index is -0.787. The van der Waals surface area contributed by atoms with Gasteiger partial charge in [0.05, 0.1) is 5.60 Å².